The number of nitrogens with zero attached hydrogens (tertiary/aromatic N) is 1. The number of halogens is 2. The number of H-pyrrole nitrogens is 1. The highest BCUT2D eigenvalue weighted by Crippen LogP contribution is 2.16. The number of amides is 1. The van der Waals surface area contributed by atoms with Crippen molar-refractivity contribution in [3.8, 4) is 0 Å². The maximum absolute atomic E-state index is 13.4. The van der Waals surface area contributed by atoms with Crippen LogP contribution in [0.4, 0.5) is 14.6 Å². The molecular weight excluding hydrogens is 264 g/mol. The number of anilines is 1. The van der Waals surface area contributed by atoms with Crippen molar-refractivity contribution in [2.45, 2.75) is 26.2 Å². The molecule has 0 spiro atoms. The smallest absolute Gasteiger partial charge is 0.230 e. The largest absolute Gasteiger partial charge is 0.309 e. The summed E-state index contributed by atoms with van der Waals surface area (Å²) in [6, 6.07) is 5.20. The molecule has 0 aliphatic rings. The molecule has 6 heteroatoms. The second-order valence-corrected chi connectivity index (χ2v) is 4.79. The number of benzene rings is 1. The van der Waals surface area contributed by atoms with Crippen LogP contribution in [0.3, 0.4) is 0 Å². The summed E-state index contributed by atoms with van der Waals surface area (Å²) < 4.78 is 26.8. The summed E-state index contributed by atoms with van der Waals surface area (Å²) in [4.78, 5) is 11.8. The molecule has 0 unspecified atom stereocenters. The fraction of sp³-hybridized carbons (Fsp3) is 0.286. The monoisotopic (exact) mass is 279 g/mol. The van der Waals surface area contributed by atoms with Crippen molar-refractivity contribution in [2.24, 2.45) is 0 Å². The fourth-order valence-electron chi connectivity index (χ4n) is 1.75. The van der Waals surface area contributed by atoms with Crippen LogP contribution in [-0.4, -0.2) is 16.1 Å². The maximum Gasteiger partial charge on any atom is 0.230 e. The third-order valence-electron chi connectivity index (χ3n) is 2.89. The number of rotatable bonds is 4. The van der Waals surface area contributed by atoms with Gasteiger partial charge < -0.3 is 5.32 Å². The van der Waals surface area contributed by atoms with E-state index in [1.165, 1.54) is 6.07 Å². The highest BCUT2D eigenvalue weighted by molar-refractivity contribution is 5.91. The van der Waals surface area contributed by atoms with Gasteiger partial charge in [0.15, 0.2) is 5.82 Å². The van der Waals surface area contributed by atoms with E-state index < -0.39 is 17.5 Å². The van der Waals surface area contributed by atoms with Crippen LogP contribution in [0.25, 0.3) is 0 Å². The Morgan fingerprint density at radius 3 is 2.55 bits per heavy atom. The molecule has 0 aliphatic carbocycles. The lowest BCUT2D eigenvalue weighted by Gasteiger charge is -2.04. The molecule has 1 aromatic heterocycles. The van der Waals surface area contributed by atoms with Crippen molar-refractivity contribution in [3.05, 3.63) is 47.2 Å². The predicted octanol–water partition coefficient (Wildman–Crippen LogP) is 2.99. The number of carbonyl (C=O) groups excluding carboxylic acids is 1. The Hall–Kier alpha value is -2.24. The molecule has 0 saturated heterocycles. The Bertz CT molecular complexity index is 602. The van der Waals surface area contributed by atoms with Crippen LogP contribution in [0.2, 0.25) is 0 Å². The van der Waals surface area contributed by atoms with Gasteiger partial charge in [0.25, 0.3) is 0 Å². The van der Waals surface area contributed by atoms with E-state index in [4.69, 9.17) is 0 Å². The van der Waals surface area contributed by atoms with E-state index in [-0.39, 0.29) is 17.9 Å². The van der Waals surface area contributed by atoms with E-state index in [9.17, 15) is 13.6 Å². The molecular formula is C14H15F2N3O. The second kappa shape index (κ2) is 5.81. The van der Waals surface area contributed by atoms with Gasteiger partial charge in [0.2, 0.25) is 5.91 Å². The van der Waals surface area contributed by atoms with Crippen molar-refractivity contribution in [1.29, 1.82) is 0 Å². The molecule has 1 aromatic carbocycles. The average Bonchev–Trinajstić information content (AvgIpc) is 2.82. The first-order valence-corrected chi connectivity index (χ1v) is 6.25. The highest BCUT2D eigenvalue weighted by atomic mass is 19.1. The van der Waals surface area contributed by atoms with Crippen LogP contribution in [0, 0.1) is 11.6 Å². The van der Waals surface area contributed by atoms with Crippen molar-refractivity contribution >= 4 is 11.7 Å². The van der Waals surface area contributed by atoms with Crippen LogP contribution >= 0.6 is 0 Å². The number of hydrogen-bond donors (Lipinski definition) is 2. The van der Waals surface area contributed by atoms with Crippen molar-refractivity contribution in [3.63, 3.8) is 0 Å². The van der Waals surface area contributed by atoms with Gasteiger partial charge >= 0.3 is 0 Å². The zero-order valence-electron chi connectivity index (χ0n) is 11.2. The van der Waals surface area contributed by atoms with Gasteiger partial charge in [-0.25, -0.2) is 8.78 Å². The summed E-state index contributed by atoms with van der Waals surface area (Å²) in [6.45, 7) is 3.96. The maximum atomic E-state index is 13.4. The number of aromatic nitrogens is 2. The summed E-state index contributed by atoms with van der Waals surface area (Å²) in [5, 5.41) is 9.21. The van der Waals surface area contributed by atoms with Crippen LogP contribution in [0.5, 0.6) is 0 Å². The van der Waals surface area contributed by atoms with Gasteiger partial charge in [0.05, 0.1) is 6.42 Å². The molecule has 0 atom stereocenters. The van der Waals surface area contributed by atoms with Gasteiger partial charge in [0.1, 0.15) is 11.6 Å². The summed E-state index contributed by atoms with van der Waals surface area (Å²) in [5.74, 6) is -1.39. The molecule has 106 valence electrons. The van der Waals surface area contributed by atoms with Gasteiger partial charge in [-0.05, 0) is 18.1 Å². The first-order chi connectivity index (χ1) is 9.47. The lowest BCUT2D eigenvalue weighted by atomic mass is 10.1. The standard InChI is InChI=1S/C14H15F2N3O/c1-8(2)12-7-13(19-18-12)17-14(20)6-9-10(15)4-3-5-11(9)16/h3-5,7-8H,6H2,1-2H3,(H2,17,18,19,20). The summed E-state index contributed by atoms with van der Waals surface area (Å²) in [7, 11) is 0. The first-order valence-electron chi connectivity index (χ1n) is 6.25. The second-order valence-electron chi connectivity index (χ2n) is 4.79. The Balaban J connectivity index is 2.05. The fourth-order valence-corrected chi connectivity index (χ4v) is 1.75. The Labute approximate surface area is 115 Å². The molecule has 4 nitrogen and oxygen atoms in total. The molecule has 0 saturated carbocycles. The average molecular weight is 279 g/mol. The third-order valence-corrected chi connectivity index (χ3v) is 2.89. The molecule has 0 fully saturated rings. The molecule has 2 aromatic rings. The number of nitrogens with one attached hydrogen (secondary N) is 2. The van der Waals surface area contributed by atoms with E-state index in [1.54, 1.807) is 6.07 Å². The van der Waals surface area contributed by atoms with Gasteiger partial charge in [-0.15, -0.1) is 0 Å². The van der Waals surface area contributed by atoms with E-state index in [2.05, 4.69) is 15.5 Å². The van der Waals surface area contributed by atoms with Gasteiger partial charge in [-0.2, -0.15) is 5.10 Å². The molecule has 2 rings (SSSR count). The zero-order valence-corrected chi connectivity index (χ0v) is 11.2. The van der Waals surface area contributed by atoms with Crippen LogP contribution < -0.4 is 5.32 Å². The van der Waals surface area contributed by atoms with Crippen LogP contribution in [0.1, 0.15) is 31.0 Å². The van der Waals surface area contributed by atoms with Crippen molar-refractivity contribution < 1.29 is 13.6 Å². The van der Waals surface area contributed by atoms with E-state index >= 15 is 0 Å². The third kappa shape index (κ3) is 3.20. The molecule has 2 N–H and O–H groups in total. The predicted molar refractivity (Wildman–Crippen MR) is 71.4 cm³/mol. The van der Waals surface area contributed by atoms with E-state index in [0.29, 0.717) is 5.82 Å². The normalized spacial score (nSPS) is 10.8. The summed E-state index contributed by atoms with van der Waals surface area (Å²) in [5.41, 5.74) is 0.627. The lowest BCUT2D eigenvalue weighted by molar-refractivity contribution is -0.115. The SMILES string of the molecule is CC(C)c1cc(NC(=O)Cc2c(F)cccc2F)n[nH]1. The molecule has 0 radical (unpaired) electrons. The number of aromatic amines is 1. The van der Waals surface area contributed by atoms with Crippen molar-refractivity contribution in [2.75, 3.05) is 5.32 Å². The molecule has 0 bridgehead atoms. The van der Waals surface area contributed by atoms with Gasteiger partial charge in [-0.3, -0.25) is 9.89 Å². The minimum absolute atomic E-state index is 0.246. The van der Waals surface area contributed by atoms with E-state index in [1.807, 2.05) is 13.8 Å². The molecule has 20 heavy (non-hydrogen) atoms. The zero-order chi connectivity index (χ0) is 14.7. The Morgan fingerprint density at radius 2 is 2.00 bits per heavy atom. The minimum Gasteiger partial charge on any atom is -0.309 e. The minimum atomic E-state index is -0.731. The summed E-state index contributed by atoms with van der Waals surface area (Å²) in [6.07, 6.45) is -0.373. The lowest BCUT2D eigenvalue weighted by Crippen LogP contribution is -2.16. The Morgan fingerprint density at radius 1 is 1.35 bits per heavy atom. The molecule has 1 heterocycles. The van der Waals surface area contributed by atoms with Gasteiger partial charge in [-0.1, -0.05) is 19.9 Å². The van der Waals surface area contributed by atoms with Gasteiger partial charge in [0, 0.05) is 17.3 Å². The number of carbonyl (C=O) groups is 1. The number of hydrogen-bond acceptors (Lipinski definition) is 2. The Kier molecular flexibility index (Phi) is 4.12. The highest BCUT2D eigenvalue weighted by Gasteiger charge is 2.14. The van der Waals surface area contributed by atoms with Crippen molar-refractivity contribution in [1.82, 2.24) is 10.2 Å². The quantitative estimate of drug-likeness (QED) is 0.904. The van der Waals surface area contributed by atoms with Crippen LogP contribution in [0.15, 0.2) is 24.3 Å². The summed E-state index contributed by atoms with van der Waals surface area (Å²) >= 11 is 0. The molecule has 1 amide bonds. The topological polar surface area (TPSA) is 57.8 Å². The first kappa shape index (κ1) is 14.2. The molecule has 0 aliphatic heterocycles. The van der Waals surface area contributed by atoms with E-state index in [0.717, 1.165) is 17.8 Å². The van der Waals surface area contributed by atoms with Crippen LogP contribution in [-0.2, 0) is 11.2 Å².